The highest BCUT2D eigenvalue weighted by atomic mass is 32.2. The van der Waals surface area contributed by atoms with Crippen molar-refractivity contribution in [3.8, 4) is 23.3 Å². The van der Waals surface area contributed by atoms with Crippen LogP contribution in [0, 0.1) is 18.3 Å². The third-order valence-corrected chi connectivity index (χ3v) is 8.27. The Morgan fingerprint density at radius 3 is 2.34 bits per heavy atom. The molecule has 0 radical (unpaired) electrons. The van der Waals surface area contributed by atoms with Crippen LogP contribution in [0.3, 0.4) is 0 Å². The van der Waals surface area contributed by atoms with Crippen LogP contribution in [0.25, 0.3) is 0 Å². The number of ether oxygens (including phenoxy) is 2. The number of nitriles is 1. The summed E-state index contributed by atoms with van der Waals surface area (Å²) in [6, 6.07) is 32.9. The van der Waals surface area contributed by atoms with Gasteiger partial charge in [-0.05, 0) is 94.5 Å². The highest BCUT2D eigenvalue weighted by molar-refractivity contribution is 7.92. The first kappa shape index (κ1) is 30.7. The Kier molecular flexibility index (Phi) is 9.85. The Morgan fingerprint density at radius 2 is 1.59 bits per heavy atom. The number of rotatable bonds is 13. The molecule has 0 saturated carbocycles. The predicted octanol–water partition coefficient (Wildman–Crippen LogP) is 7.92. The zero-order valence-electron chi connectivity index (χ0n) is 24.6. The molecule has 7 nitrogen and oxygen atoms in total. The summed E-state index contributed by atoms with van der Waals surface area (Å²) in [6.07, 6.45) is 2.00. The van der Waals surface area contributed by atoms with E-state index < -0.39 is 10.0 Å². The fourth-order valence-corrected chi connectivity index (χ4v) is 6.15. The van der Waals surface area contributed by atoms with E-state index in [1.54, 1.807) is 23.5 Å². The van der Waals surface area contributed by atoms with Crippen LogP contribution in [-0.2, 0) is 29.5 Å². The number of nitrogens with zero attached hydrogens (tertiary/aromatic N) is 2. The maximum Gasteiger partial charge on any atom is 0.229 e. The molecule has 224 valence electrons. The second kappa shape index (κ2) is 14.1. The molecular weight excluding hydrogens is 591 g/mol. The van der Waals surface area contributed by atoms with Gasteiger partial charge in [0.1, 0.15) is 17.2 Å². The molecule has 44 heavy (non-hydrogen) atoms. The molecule has 0 atom stereocenters. The monoisotopic (exact) mass is 623 g/mol. The Labute approximate surface area is 263 Å². The third-order valence-electron chi connectivity index (χ3n) is 6.95. The maximum absolute atomic E-state index is 12.0. The third kappa shape index (κ3) is 8.63. The summed E-state index contributed by atoms with van der Waals surface area (Å²) in [7, 11) is -3.44. The van der Waals surface area contributed by atoms with E-state index in [1.165, 1.54) is 5.56 Å². The van der Waals surface area contributed by atoms with Gasteiger partial charge in [0.2, 0.25) is 10.0 Å². The van der Waals surface area contributed by atoms with Gasteiger partial charge < -0.3 is 14.4 Å². The number of sulfonamides is 1. The molecule has 0 aliphatic carbocycles. The van der Waals surface area contributed by atoms with Crippen molar-refractivity contribution in [2.75, 3.05) is 22.5 Å². The molecule has 0 bridgehead atoms. The maximum atomic E-state index is 12.0. The van der Waals surface area contributed by atoms with Crippen LogP contribution in [-0.4, -0.2) is 21.3 Å². The molecule has 9 heteroatoms. The normalized spacial score (nSPS) is 11.0. The lowest BCUT2D eigenvalue weighted by atomic mass is 10.1. The summed E-state index contributed by atoms with van der Waals surface area (Å²) < 4.78 is 38.7. The topological polar surface area (TPSA) is 91.7 Å². The quantitative estimate of drug-likeness (QED) is 0.143. The standard InChI is InChI=1S/C35H33N3O4S2/c1-26-34(37-44(2,39)40)10-5-11-35(26)38(24-30-7-3-6-29(20-30)22-36)23-27-12-14-31(15-13-27)42-33-9-4-8-32(21-33)41-18-16-28-17-19-43-25-28/h3-15,17,19-21,25,37H,16,18,23-24H2,1-2H3. The van der Waals surface area contributed by atoms with E-state index in [0.717, 1.165) is 40.8 Å². The van der Waals surface area contributed by atoms with E-state index >= 15 is 0 Å². The first-order valence-electron chi connectivity index (χ1n) is 14.1. The van der Waals surface area contributed by atoms with E-state index in [2.05, 4.69) is 32.5 Å². The lowest BCUT2D eigenvalue weighted by Gasteiger charge is -2.28. The highest BCUT2D eigenvalue weighted by Crippen LogP contribution is 2.31. The molecule has 0 unspecified atom stereocenters. The first-order valence-corrected chi connectivity index (χ1v) is 16.9. The Balaban J connectivity index is 1.31. The summed E-state index contributed by atoms with van der Waals surface area (Å²) in [5.41, 5.74) is 6.10. The van der Waals surface area contributed by atoms with Gasteiger partial charge in [-0.3, -0.25) is 4.72 Å². The number of anilines is 2. The highest BCUT2D eigenvalue weighted by Gasteiger charge is 2.16. The van der Waals surface area contributed by atoms with Gasteiger partial charge in [0, 0.05) is 31.3 Å². The van der Waals surface area contributed by atoms with Crippen molar-refractivity contribution in [3.05, 3.63) is 136 Å². The summed E-state index contributed by atoms with van der Waals surface area (Å²) >= 11 is 1.69. The van der Waals surface area contributed by atoms with Crippen molar-refractivity contribution in [2.24, 2.45) is 0 Å². The molecule has 1 heterocycles. The summed E-state index contributed by atoms with van der Waals surface area (Å²) in [6.45, 7) is 3.57. The molecule has 0 spiro atoms. The Bertz CT molecular complexity index is 1850. The van der Waals surface area contributed by atoms with Crippen LogP contribution >= 0.6 is 11.3 Å². The number of benzene rings is 4. The van der Waals surface area contributed by atoms with Crippen molar-refractivity contribution in [3.63, 3.8) is 0 Å². The van der Waals surface area contributed by atoms with E-state index in [-0.39, 0.29) is 0 Å². The fourth-order valence-electron chi connectivity index (χ4n) is 4.83. The van der Waals surface area contributed by atoms with Crippen LogP contribution in [0.4, 0.5) is 11.4 Å². The van der Waals surface area contributed by atoms with E-state index in [9.17, 15) is 13.7 Å². The van der Waals surface area contributed by atoms with Gasteiger partial charge in [0.05, 0.1) is 30.2 Å². The minimum atomic E-state index is -3.44. The number of nitrogens with one attached hydrogen (secondary N) is 1. The van der Waals surface area contributed by atoms with Crippen molar-refractivity contribution >= 4 is 32.7 Å². The average Bonchev–Trinajstić information content (AvgIpc) is 3.52. The molecule has 0 saturated heterocycles. The SMILES string of the molecule is Cc1c(NS(C)(=O)=O)cccc1N(Cc1ccc(Oc2cccc(OCCc3ccsc3)c2)cc1)Cc1cccc(C#N)c1. The zero-order chi connectivity index (χ0) is 30.9. The molecule has 0 aliphatic rings. The minimum absolute atomic E-state index is 0.524. The van der Waals surface area contributed by atoms with Gasteiger partial charge in [0.25, 0.3) is 0 Å². The molecule has 1 aromatic heterocycles. The van der Waals surface area contributed by atoms with E-state index in [1.807, 2.05) is 85.8 Å². The van der Waals surface area contributed by atoms with Crippen molar-refractivity contribution in [1.82, 2.24) is 0 Å². The smallest absolute Gasteiger partial charge is 0.229 e. The lowest BCUT2D eigenvalue weighted by Crippen LogP contribution is -2.23. The molecule has 0 amide bonds. The van der Waals surface area contributed by atoms with Gasteiger partial charge in [-0.25, -0.2) is 8.42 Å². The van der Waals surface area contributed by atoms with Crippen LogP contribution in [0.2, 0.25) is 0 Å². The van der Waals surface area contributed by atoms with Crippen LogP contribution in [0.15, 0.2) is 108 Å². The first-order chi connectivity index (χ1) is 21.3. The van der Waals surface area contributed by atoms with Gasteiger partial charge in [-0.15, -0.1) is 0 Å². The summed E-state index contributed by atoms with van der Waals surface area (Å²) in [4.78, 5) is 2.17. The molecule has 5 aromatic rings. The van der Waals surface area contributed by atoms with Crippen LogP contribution in [0.5, 0.6) is 17.2 Å². The Morgan fingerprint density at radius 1 is 0.841 bits per heavy atom. The molecular formula is C35H33N3O4S2. The second-order valence-corrected chi connectivity index (χ2v) is 13.0. The summed E-state index contributed by atoms with van der Waals surface area (Å²) in [5.74, 6) is 2.15. The second-order valence-electron chi connectivity index (χ2n) is 10.4. The number of thiophene rings is 1. The van der Waals surface area contributed by atoms with Gasteiger partial charge in [-0.2, -0.15) is 16.6 Å². The molecule has 4 aromatic carbocycles. The van der Waals surface area contributed by atoms with Crippen molar-refractivity contribution in [1.29, 1.82) is 5.26 Å². The van der Waals surface area contributed by atoms with Gasteiger partial charge in [-0.1, -0.05) is 36.4 Å². The molecule has 0 aliphatic heterocycles. The number of hydrogen-bond acceptors (Lipinski definition) is 7. The molecule has 1 N–H and O–H groups in total. The fraction of sp³-hybridized carbons (Fsp3) is 0.171. The zero-order valence-corrected chi connectivity index (χ0v) is 26.2. The molecule has 0 fully saturated rings. The average molecular weight is 624 g/mol. The van der Waals surface area contributed by atoms with E-state index in [0.29, 0.717) is 42.4 Å². The van der Waals surface area contributed by atoms with Crippen LogP contribution < -0.4 is 19.1 Å². The van der Waals surface area contributed by atoms with Crippen molar-refractivity contribution in [2.45, 2.75) is 26.4 Å². The van der Waals surface area contributed by atoms with Gasteiger partial charge >= 0.3 is 0 Å². The van der Waals surface area contributed by atoms with Gasteiger partial charge in [0.15, 0.2) is 0 Å². The summed E-state index contributed by atoms with van der Waals surface area (Å²) in [5, 5.41) is 13.6. The number of hydrogen-bond donors (Lipinski definition) is 1. The van der Waals surface area contributed by atoms with Crippen LogP contribution in [0.1, 0.15) is 27.8 Å². The minimum Gasteiger partial charge on any atom is -0.493 e. The molecule has 5 rings (SSSR count). The van der Waals surface area contributed by atoms with Crippen molar-refractivity contribution < 1.29 is 17.9 Å². The lowest BCUT2D eigenvalue weighted by molar-refractivity contribution is 0.320. The Hall–Kier alpha value is -4.78. The predicted molar refractivity (Wildman–Crippen MR) is 177 cm³/mol. The van der Waals surface area contributed by atoms with E-state index in [4.69, 9.17) is 9.47 Å². The largest absolute Gasteiger partial charge is 0.493 e.